The lowest BCUT2D eigenvalue weighted by Gasteiger charge is -2.45. The molecule has 4 aromatic rings. The number of thiophene rings is 1. The van der Waals surface area contributed by atoms with Crippen LogP contribution in [0.3, 0.4) is 0 Å². The van der Waals surface area contributed by atoms with Gasteiger partial charge in [0.15, 0.2) is 5.82 Å². The number of anilines is 2. The molecule has 5 heterocycles. The highest BCUT2D eigenvalue weighted by molar-refractivity contribution is 7.23. The van der Waals surface area contributed by atoms with Crippen molar-refractivity contribution in [2.75, 3.05) is 43.4 Å². The number of rotatable bonds is 6. The fourth-order valence-electron chi connectivity index (χ4n) is 8.09. The van der Waals surface area contributed by atoms with Crippen LogP contribution < -0.4 is 15.4 Å². The molecule has 2 N–H and O–H groups in total. The van der Waals surface area contributed by atoms with Crippen LogP contribution in [-0.2, 0) is 11.0 Å². The summed E-state index contributed by atoms with van der Waals surface area (Å²) in [7, 11) is 0. The summed E-state index contributed by atoms with van der Waals surface area (Å²) in [5.41, 5.74) is 1.90. The second-order valence-corrected chi connectivity index (χ2v) is 14.8. The molecule has 3 saturated heterocycles. The zero-order valence-electron chi connectivity index (χ0n) is 28.1. The van der Waals surface area contributed by atoms with Crippen molar-refractivity contribution in [2.45, 2.75) is 76.4 Å². The van der Waals surface area contributed by atoms with Crippen LogP contribution in [-0.4, -0.2) is 82.3 Å². The number of ether oxygens (including phenoxy) is 1. The van der Waals surface area contributed by atoms with Crippen LogP contribution >= 0.6 is 11.3 Å². The van der Waals surface area contributed by atoms with E-state index in [0.717, 1.165) is 24.6 Å². The van der Waals surface area contributed by atoms with Gasteiger partial charge in [-0.25, -0.2) is 13.2 Å². The summed E-state index contributed by atoms with van der Waals surface area (Å²) in [5.74, 6) is -2.30. The van der Waals surface area contributed by atoms with Crippen LogP contribution in [0.2, 0.25) is 0 Å². The summed E-state index contributed by atoms with van der Waals surface area (Å²) in [6, 6.07) is 3.39. The van der Waals surface area contributed by atoms with Crippen molar-refractivity contribution < 1.29 is 35.9 Å². The minimum Gasteiger partial charge on any atom is -0.461 e. The summed E-state index contributed by atoms with van der Waals surface area (Å²) >= 11 is 0.681. The molecule has 4 atom stereocenters. The van der Waals surface area contributed by atoms with E-state index in [1.165, 1.54) is 0 Å². The lowest BCUT2D eigenvalue weighted by atomic mass is 9.92. The standard InChI is InChI=1S/C35H35F6N7O2S/c1-4-25(49)47-13-18(3)48(14-17(47)2)32-21-10-23(35(39,40)41)27(20-6-7-24(37)30-26(20)22(12-42)31(43)51-30)28(38)29(21)44-33(45-32)50-16-34-8-5-9-46(34)15-19(36)11-34/h6-7,10,17-19H,4-5,8-9,11,13-16,43H2,1-3H3/t17-,18+,19-,34+/m1/s1. The lowest BCUT2D eigenvalue weighted by molar-refractivity contribution is -0.137. The maximum absolute atomic E-state index is 17.2. The molecule has 2 aromatic carbocycles. The number of halogens is 6. The third kappa shape index (κ3) is 5.78. The predicted molar refractivity (Wildman–Crippen MR) is 181 cm³/mol. The Hall–Kier alpha value is -4.36. The number of benzene rings is 2. The van der Waals surface area contributed by atoms with Gasteiger partial charge >= 0.3 is 12.2 Å². The Labute approximate surface area is 293 Å². The van der Waals surface area contributed by atoms with Crippen LogP contribution in [0.4, 0.5) is 37.2 Å². The number of carbonyl (C=O) groups excluding carboxylic acids is 1. The van der Waals surface area contributed by atoms with Crippen molar-refractivity contribution in [2.24, 2.45) is 0 Å². The van der Waals surface area contributed by atoms with E-state index in [9.17, 15) is 18.8 Å². The van der Waals surface area contributed by atoms with Crippen molar-refractivity contribution >= 4 is 49.1 Å². The van der Waals surface area contributed by atoms with Gasteiger partial charge in [-0.3, -0.25) is 9.69 Å². The highest BCUT2D eigenvalue weighted by atomic mass is 32.1. The number of piperazine rings is 1. The number of nitrogen functional groups attached to an aromatic ring is 1. The van der Waals surface area contributed by atoms with E-state index < -0.39 is 52.2 Å². The molecule has 7 rings (SSSR count). The molecule has 0 saturated carbocycles. The number of aromatic nitrogens is 2. The first kappa shape index (κ1) is 35.1. The maximum Gasteiger partial charge on any atom is 0.417 e. The molecule has 0 radical (unpaired) electrons. The van der Waals surface area contributed by atoms with E-state index in [4.69, 9.17) is 10.5 Å². The molecule has 3 fully saturated rings. The number of hydrogen-bond acceptors (Lipinski definition) is 9. The first-order valence-corrected chi connectivity index (χ1v) is 17.6. The largest absolute Gasteiger partial charge is 0.461 e. The summed E-state index contributed by atoms with van der Waals surface area (Å²) in [6.45, 7) is 6.68. The summed E-state index contributed by atoms with van der Waals surface area (Å²) in [6.07, 6.45) is -4.17. The van der Waals surface area contributed by atoms with Gasteiger partial charge in [-0.15, -0.1) is 11.3 Å². The quantitative estimate of drug-likeness (QED) is 0.210. The molecule has 3 aliphatic heterocycles. The first-order valence-electron chi connectivity index (χ1n) is 16.8. The molecule has 0 aliphatic carbocycles. The number of nitrogens with zero attached hydrogens (tertiary/aromatic N) is 6. The molecule has 2 aromatic heterocycles. The Morgan fingerprint density at radius 1 is 1.18 bits per heavy atom. The predicted octanol–water partition coefficient (Wildman–Crippen LogP) is 7.05. The van der Waals surface area contributed by atoms with Crippen LogP contribution in [0.25, 0.3) is 32.1 Å². The van der Waals surface area contributed by atoms with Gasteiger partial charge in [0, 0.05) is 60.9 Å². The Kier molecular flexibility index (Phi) is 8.73. The number of amides is 1. The lowest BCUT2D eigenvalue weighted by Crippen LogP contribution is -2.58. The highest BCUT2D eigenvalue weighted by Gasteiger charge is 2.49. The van der Waals surface area contributed by atoms with Gasteiger partial charge in [0.25, 0.3) is 0 Å². The van der Waals surface area contributed by atoms with E-state index in [0.29, 0.717) is 24.3 Å². The zero-order valence-corrected chi connectivity index (χ0v) is 28.9. The van der Waals surface area contributed by atoms with Gasteiger partial charge in [-0.1, -0.05) is 13.0 Å². The van der Waals surface area contributed by atoms with E-state index in [1.807, 2.05) is 17.9 Å². The molecule has 0 unspecified atom stereocenters. The van der Waals surface area contributed by atoms with Gasteiger partial charge in [-0.05, 0) is 50.9 Å². The molecule has 16 heteroatoms. The molecule has 0 spiro atoms. The number of alkyl halides is 4. The molecule has 3 aliphatic rings. The van der Waals surface area contributed by atoms with E-state index in [1.54, 1.807) is 23.6 Å². The van der Waals surface area contributed by atoms with Crippen molar-refractivity contribution in [1.29, 1.82) is 5.26 Å². The fourth-order valence-corrected chi connectivity index (χ4v) is 9.04. The summed E-state index contributed by atoms with van der Waals surface area (Å²) in [4.78, 5) is 27.0. The molecule has 0 bridgehead atoms. The van der Waals surface area contributed by atoms with Crippen molar-refractivity contribution in [3.8, 4) is 23.2 Å². The molecule has 270 valence electrons. The molecular formula is C35H35F6N7O2S. The topological polar surface area (TPSA) is 112 Å². The van der Waals surface area contributed by atoms with E-state index in [2.05, 4.69) is 9.97 Å². The van der Waals surface area contributed by atoms with Crippen LogP contribution in [0.15, 0.2) is 18.2 Å². The second kappa shape index (κ2) is 12.7. The van der Waals surface area contributed by atoms with Crippen molar-refractivity contribution in [3.05, 3.63) is 41.0 Å². The summed E-state index contributed by atoms with van der Waals surface area (Å²) < 4.78 is 97.7. The van der Waals surface area contributed by atoms with Gasteiger partial charge in [0.2, 0.25) is 5.91 Å². The van der Waals surface area contributed by atoms with Crippen LogP contribution in [0, 0.1) is 23.0 Å². The minimum atomic E-state index is -5.12. The Morgan fingerprint density at radius 3 is 2.65 bits per heavy atom. The molecular weight excluding hydrogens is 696 g/mol. The third-order valence-electron chi connectivity index (χ3n) is 10.5. The Balaban J connectivity index is 1.45. The third-order valence-corrected chi connectivity index (χ3v) is 11.5. The average Bonchev–Trinajstić information content (AvgIpc) is 3.73. The number of nitriles is 1. The number of fused-ring (bicyclic) bond motifs is 3. The Bertz CT molecular complexity index is 2100. The van der Waals surface area contributed by atoms with Crippen molar-refractivity contribution in [3.63, 3.8) is 0 Å². The minimum absolute atomic E-state index is 0.0174. The maximum atomic E-state index is 17.2. The molecule has 51 heavy (non-hydrogen) atoms. The monoisotopic (exact) mass is 731 g/mol. The smallest absolute Gasteiger partial charge is 0.417 e. The fraction of sp³-hybridized carbons (Fsp3) is 0.486. The van der Waals surface area contributed by atoms with Crippen molar-refractivity contribution in [1.82, 2.24) is 19.8 Å². The summed E-state index contributed by atoms with van der Waals surface area (Å²) in [5, 5.41) is 9.23. The van der Waals surface area contributed by atoms with Crippen LogP contribution in [0.1, 0.15) is 57.6 Å². The number of hydrogen-bond donors (Lipinski definition) is 1. The van der Waals surface area contributed by atoms with Gasteiger partial charge in [0.1, 0.15) is 41.0 Å². The molecule has 1 amide bonds. The first-order chi connectivity index (χ1) is 24.2. The Morgan fingerprint density at radius 2 is 1.94 bits per heavy atom. The average molecular weight is 732 g/mol. The normalized spacial score (nSPS) is 24.0. The van der Waals surface area contributed by atoms with E-state index in [-0.39, 0.29) is 94.5 Å². The zero-order chi connectivity index (χ0) is 36.6. The number of carbonyl (C=O) groups is 1. The van der Waals surface area contributed by atoms with Gasteiger partial charge < -0.3 is 20.3 Å². The second-order valence-electron chi connectivity index (χ2n) is 13.7. The molecule has 9 nitrogen and oxygen atoms in total. The van der Waals surface area contributed by atoms with E-state index >= 15 is 17.6 Å². The van der Waals surface area contributed by atoms with Crippen LogP contribution in [0.5, 0.6) is 6.01 Å². The number of nitrogens with two attached hydrogens (primary N) is 1. The van der Waals surface area contributed by atoms with Gasteiger partial charge in [0.05, 0.1) is 21.4 Å². The van der Waals surface area contributed by atoms with Gasteiger partial charge in [-0.2, -0.15) is 28.4 Å². The SMILES string of the molecule is CCC(=O)N1C[C@H](C)N(c2nc(OC[C@@]34CCCN3C[C@H](F)C4)nc3c(F)c(-c4ccc(F)c5sc(N)c(C#N)c45)c(C(F)(F)F)cc23)C[C@H]1C. The highest BCUT2D eigenvalue weighted by Crippen LogP contribution is 2.48.